The normalized spacial score (nSPS) is 11.3. The number of hydrogen-bond donors (Lipinski definition) is 1. The summed E-state index contributed by atoms with van der Waals surface area (Å²) in [5.41, 5.74) is 4.62. The molecule has 0 unspecified atom stereocenters. The van der Waals surface area contributed by atoms with Crippen LogP contribution >= 0.6 is 0 Å². The summed E-state index contributed by atoms with van der Waals surface area (Å²) in [5.74, 6) is 0.724. The number of nitrogens with zero attached hydrogens (tertiary/aromatic N) is 6. The Hall–Kier alpha value is -3.96. The van der Waals surface area contributed by atoms with Crippen molar-refractivity contribution in [2.75, 3.05) is 7.05 Å². The van der Waals surface area contributed by atoms with Crippen LogP contribution in [0.5, 0.6) is 0 Å². The molecule has 0 radical (unpaired) electrons. The summed E-state index contributed by atoms with van der Waals surface area (Å²) in [6.07, 6.45) is 3.36. The lowest BCUT2D eigenvalue weighted by Crippen LogP contribution is -2.15. The highest BCUT2D eigenvalue weighted by Crippen LogP contribution is 2.28. The topological polar surface area (TPSA) is 113 Å². The van der Waals surface area contributed by atoms with Crippen molar-refractivity contribution in [3.05, 3.63) is 65.7 Å². The average Bonchev–Trinajstić information content (AvgIpc) is 3.30. The summed E-state index contributed by atoms with van der Waals surface area (Å²) in [5, 5.41) is 20.9. The largest absolute Gasteiger partial charge is 0.415 e. The van der Waals surface area contributed by atoms with Crippen LogP contribution in [0.25, 0.3) is 34.3 Å². The number of hydrogen-bond acceptors (Lipinski definition) is 8. The highest BCUT2D eigenvalue weighted by Gasteiger charge is 2.22. The Labute approximate surface area is 187 Å². The van der Waals surface area contributed by atoms with Crippen molar-refractivity contribution in [2.24, 2.45) is 0 Å². The van der Waals surface area contributed by atoms with E-state index in [0.717, 1.165) is 17.7 Å². The van der Waals surface area contributed by atoms with Gasteiger partial charge in [-0.15, -0.1) is 10.2 Å². The summed E-state index contributed by atoms with van der Waals surface area (Å²) >= 11 is 0. The van der Waals surface area contributed by atoms with Gasteiger partial charge in [-0.1, -0.05) is 12.1 Å². The number of aromatic nitrogens is 5. The van der Waals surface area contributed by atoms with Gasteiger partial charge < -0.3 is 9.73 Å². The van der Waals surface area contributed by atoms with Gasteiger partial charge in [0.25, 0.3) is 5.89 Å². The number of pyridine rings is 1. The number of nitrogens with one attached hydrogen (secondary N) is 1. The SMILES string of the molecule is CNCc1ccc(-c2nnc(-c3nc(-c4ccnc(C(C)(C)C#N)c4)cnc3C)o2)cc1.[HH]. The molecule has 0 saturated carbocycles. The lowest BCUT2D eigenvalue weighted by Gasteiger charge is -2.15. The monoisotopic (exact) mass is 427 g/mol. The summed E-state index contributed by atoms with van der Waals surface area (Å²) in [7, 11) is 1.91. The van der Waals surface area contributed by atoms with E-state index in [1.807, 2.05) is 64.2 Å². The third-order valence-electron chi connectivity index (χ3n) is 5.14. The Balaban J connectivity index is 0.00000306. The fourth-order valence-corrected chi connectivity index (χ4v) is 3.18. The van der Waals surface area contributed by atoms with Crippen LogP contribution in [0.4, 0.5) is 0 Å². The summed E-state index contributed by atoms with van der Waals surface area (Å²) in [6.45, 7) is 6.30. The molecule has 0 spiro atoms. The van der Waals surface area contributed by atoms with Crippen molar-refractivity contribution < 1.29 is 5.84 Å². The van der Waals surface area contributed by atoms with Gasteiger partial charge in [-0.3, -0.25) is 9.97 Å². The molecular weight excluding hydrogens is 402 g/mol. The van der Waals surface area contributed by atoms with E-state index in [1.54, 1.807) is 12.4 Å². The quantitative estimate of drug-likeness (QED) is 0.484. The Morgan fingerprint density at radius 1 is 1.06 bits per heavy atom. The lowest BCUT2D eigenvalue weighted by atomic mass is 9.90. The summed E-state index contributed by atoms with van der Waals surface area (Å²) in [4.78, 5) is 13.5. The molecule has 0 aliphatic carbocycles. The molecule has 0 aliphatic rings. The molecule has 0 amide bonds. The van der Waals surface area contributed by atoms with Crippen LogP contribution in [-0.4, -0.2) is 32.2 Å². The van der Waals surface area contributed by atoms with Crippen LogP contribution in [0.3, 0.4) is 0 Å². The first-order valence-electron chi connectivity index (χ1n) is 10.2. The predicted molar refractivity (Wildman–Crippen MR) is 122 cm³/mol. The maximum absolute atomic E-state index is 9.43. The molecule has 1 N–H and O–H groups in total. The van der Waals surface area contributed by atoms with Crippen LogP contribution in [0.1, 0.15) is 32.2 Å². The van der Waals surface area contributed by atoms with Gasteiger partial charge in [0, 0.05) is 25.3 Å². The molecule has 3 heterocycles. The van der Waals surface area contributed by atoms with E-state index < -0.39 is 5.41 Å². The van der Waals surface area contributed by atoms with Crippen LogP contribution < -0.4 is 5.32 Å². The molecule has 3 aromatic heterocycles. The first-order valence-corrected chi connectivity index (χ1v) is 10.2. The molecule has 0 aliphatic heterocycles. The van der Waals surface area contributed by atoms with Gasteiger partial charge in [0.2, 0.25) is 5.89 Å². The van der Waals surface area contributed by atoms with Crippen molar-refractivity contribution in [3.63, 3.8) is 0 Å². The summed E-state index contributed by atoms with van der Waals surface area (Å²) < 4.78 is 5.93. The second-order valence-electron chi connectivity index (χ2n) is 8.00. The van der Waals surface area contributed by atoms with Gasteiger partial charge in [-0.25, -0.2) is 4.98 Å². The molecule has 0 saturated heterocycles. The molecule has 8 heteroatoms. The van der Waals surface area contributed by atoms with E-state index >= 15 is 0 Å². The van der Waals surface area contributed by atoms with E-state index in [0.29, 0.717) is 34.6 Å². The van der Waals surface area contributed by atoms with Crippen LogP contribution in [0.2, 0.25) is 0 Å². The minimum atomic E-state index is -0.707. The maximum Gasteiger partial charge on any atom is 0.268 e. The van der Waals surface area contributed by atoms with Gasteiger partial charge in [-0.05, 0) is 57.6 Å². The number of rotatable bonds is 6. The highest BCUT2D eigenvalue weighted by molar-refractivity contribution is 5.64. The van der Waals surface area contributed by atoms with Crippen LogP contribution in [-0.2, 0) is 12.0 Å². The molecular formula is C24H25N7O. The van der Waals surface area contributed by atoms with Gasteiger partial charge in [0.1, 0.15) is 5.69 Å². The second kappa shape index (κ2) is 8.65. The van der Waals surface area contributed by atoms with Crippen LogP contribution in [0.15, 0.2) is 53.2 Å². The first-order chi connectivity index (χ1) is 15.4. The third-order valence-corrected chi connectivity index (χ3v) is 5.14. The van der Waals surface area contributed by atoms with Gasteiger partial charge in [0.15, 0.2) is 0 Å². The number of nitriles is 1. The fraction of sp³-hybridized carbons (Fsp3) is 0.250. The van der Waals surface area contributed by atoms with Gasteiger partial charge in [-0.2, -0.15) is 5.26 Å². The Morgan fingerprint density at radius 3 is 2.53 bits per heavy atom. The van der Waals surface area contributed by atoms with Gasteiger partial charge in [0.05, 0.1) is 34.8 Å². The smallest absolute Gasteiger partial charge is 0.268 e. The minimum absolute atomic E-state index is 0. The van der Waals surface area contributed by atoms with E-state index in [1.165, 1.54) is 5.56 Å². The molecule has 32 heavy (non-hydrogen) atoms. The molecule has 162 valence electrons. The van der Waals surface area contributed by atoms with Crippen molar-refractivity contribution in [1.29, 1.82) is 5.26 Å². The Kier molecular flexibility index (Phi) is 5.75. The third kappa shape index (κ3) is 4.24. The Morgan fingerprint density at radius 2 is 1.81 bits per heavy atom. The lowest BCUT2D eigenvalue weighted by molar-refractivity contribution is 0.581. The minimum Gasteiger partial charge on any atom is -0.415 e. The number of aryl methyl sites for hydroxylation is 1. The zero-order valence-corrected chi connectivity index (χ0v) is 18.4. The molecule has 0 atom stereocenters. The van der Waals surface area contributed by atoms with Crippen molar-refractivity contribution in [2.45, 2.75) is 32.7 Å². The van der Waals surface area contributed by atoms with Crippen LogP contribution in [0, 0.1) is 18.3 Å². The van der Waals surface area contributed by atoms with E-state index in [9.17, 15) is 5.26 Å². The molecule has 4 rings (SSSR count). The van der Waals surface area contributed by atoms with E-state index in [4.69, 9.17) is 9.40 Å². The van der Waals surface area contributed by atoms with E-state index in [-0.39, 0.29) is 1.43 Å². The fourth-order valence-electron chi connectivity index (χ4n) is 3.18. The zero-order valence-electron chi connectivity index (χ0n) is 18.4. The Bertz CT molecular complexity index is 1290. The second-order valence-corrected chi connectivity index (χ2v) is 8.00. The molecule has 1 aromatic carbocycles. The van der Waals surface area contributed by atoms with E-state index in [2.05, 4.69) is 31.6 Å². The van der Waals surface area contributed by atoms with Crippen molar-refractivity contribution in [3.8, 4) is 40.4 Å². The highest BCUT2D eigenvalue weighted by atomic mass is 16.4. The van der Waals surface area contributed by atoms with Gasteiger partial charge >= 0.3 is 0 Å². The maximum atomic E-state index is 9.43. The zero-order chi connectivity index (χ0) is 22.7. The summed E-state index contributed by atoms with van der Waals surface area (Å²) in [6, 6.07) is 13.9. The first kappa shape index (κ1) is 21.3. The standard InChI is InChI=1S/C24H23N7O.H2/c1-15-21(23-31-30-22(32-23)17-7-5-16(6-8-17)12-26-4)29-19(13-28-15)18-9-10-27-20(11-18)24(2,3)14-25;/h5-11,13,26H,12H2,1-4H3;1H. The molecule has 4 aromatic rings. The number of benzene rings is 1. The molecule has 8 nitrogen and oxygen atoms in total. The predicted octanol–water partition coefficient (Wildman–Crippen LogP) is 4.33. The molecule has 0 fully saturated rings. The van der Waals surface area contributed by atoms with Crippen molar-refractivity contribution >= 4 is 0 Å². The average molecular weight is 428 g/mol. The van der Waals surface area contributed by atoms with Crippen molar-refractivity contribution in [1.82, 2.24) is 30.5 Å². The molecule has 0 bridgehead atoms.